The van der Waals surface area contributed by atoms with Crippen molar-refractivity contribution in [3.05, 3.63) is 60.8 Å². The molecule has 0 aromatic carbocycles. The van der Waals surface area contributed by atoms with E-state index in [4.69, 9.17) is 4.43 Å². The number of allylic oxidation sites excluding steroid dienone is 10. The van der Waals surface area contributed by atoms with Gasteiger partial charge in [-0.3, -0.25) is 4.79 Å². The molecule has 0 spiro atoms. The average Bonchev–Trinajstić information content (AvgIpc) is 2.56. The summed E-state index contributed by atoms with van der Waals surface area (Å²) >= 11 is 0. The largest absolute Gasteiger partial charge is 0.520 e. The molecule has 0 atom stereocenters. The fraction of sp³-hybridized carbons (Fsp3) is 0.522. The highest BCUT2D eigenvalue weighted by Crippen LogP contribution is 2.07. The third-order valence-electron chi connectivity index (χ3n) is 3.33. The minimum atomic E-state index is -1.72. The second-order valence-electron chi connectivity index (χ2n) is 7.19. The zero-order valence-corrected chi connectivity index (χ0v) is 18.2. The van der Waals surface area contributed by atoms with Crippen molar-refractivity contribution in [2.45, 2.75) is 77.9 Å². The van der Waals surface area contributed by atoms with Crippen molar-refractivity contribution >= 4 is 14.3 Å². The number of carbonyl (C=O) groups is 1. The van der Waals surface area contributed by atoms with Gasteiger partial charge in [-0.05, 0) is 64.6 Å². The van der Waals surface area contributed by atoms with E-state index in [1.54, 1.807) is 0 Å². The molecule has 0 unspecified atom stereocenters. The molecule has 0 heterocycles. The van der Waals surface area contributed by atoms with Gasteiger partial charge < -0.3 is 4.43 Å². The monoisotopic (exact) mass is 374 g/mol. The lowest BCUT2D eigenvalue weighted by Gasteiger charge is -2.16. The second kappa shape index (κ2) is 16.8. The Kier molecular flexibility index (Phi) is 15.8. The summed E-state index contributed by atoms with van der Waals surface area (Å²) in [6.07, 6.45) is 29.4. The van der Waals surface area contributed by atoms with Gasteiger partial charge in [0.2, 0.25) is 8.32 Å². The van der Waals surface area contributed by atoms with Crippen molar-refractivity contribution in [1.29, 1.82) is 0 Å². The van der Waals surface area contributed by atoms with Gasteiger partial charge in [-0.25, -0.2) is 0 Å². The maximum atomic E-state index is 11.6. The van der Waals surface area contributed by atoms with Crippen molar-refractivity contribution in [3.8, 4) is 0 Å². The van der Waals surface area contributed by atoms with Crippen LogP contribution in [0.25, 0.3) is 0 Å². The second-order valence-corrected chi connectivity index (χ2v) is 11.6. The van der Waals surface area contributed by atoms with Crippen LogP contribution in [0.4, 0.5) is 0 Å². The summed E-state index contributed by atoms with van der Waals surface area (Å²) in [6.45, 7) is 8.26. The van der Waals surface area contributed by atoms with E-state index in [0.29, 0.717) is 6.42 Å². The number of carbonyl (C=O) groups excluding carboxylic acids is 1. The molecule has 0 saturated heterocycles. The molecule has 0 fully saturated rings. The van der Waals surface area contributed by atoms with Crippen molar-refractivity contribution in [3.63, 3.8) is 0 Å². The fourth-order valence-electron chi connectivity index (χ4n) is 2.13. The molecular formula is C23H38O2Si. The van der Waals surface area contributed by atoms with E-state index < -0.39 is 8.32 Å². The molecule has 0 aliphatic heterocycles. The van der Waals surface area contributed by atoms with Crippen LogP contribution in [0.1, 0.15) is 58.3 Å². The maximum absolute atomic E-state index is 11.6. The molecule has 0 aliphatic rings. The van der Waals surface area contributed by atoms with Crippen LogP contribution < -0.4 is 0 Å². The van der Waals surface area contributed by atoms with Gasteiger partial charge in [0.05, 0.1) is 0 Å². The Balaban J connectivity index is 3.57. The smallest absolute Gasteiger partial charge is 0.292 e. The highest BCUT2D eigenvalue weighted by molar-refractivity contribution is 6.71. The van der Waals surface area contributed by atoms with E-state index in [-0.39, 0.29) is 5.97 Å². The Bertz CT molecular complexity index is 491. The molecule has 0 aromatic rings. The molecule has 0 saturated carbocycles. The number of hydrogen-bond acceptors (Lipinski definition) is 2. The first-order valence-corrected chi connectivity index (χ1v) is 13.3. The summed E-state index contributed by atoms with van der Waals surface area (Å²) in [4.78, 5) is 11.6. The van der Waals surface area contributed by atoms with E-state index in [2.05, 4.69) is 67.7 Å². The van der Waals surface area contributed by atoms with Gasteiger partial charge in [0.15, 0.2) is 0 Å². The molecule has 2 nitrogen and oxygen atoms in total. The minimum absolute atomic E-state index is 0.0449. The Morgan fingerprint density at radius 2 is 1.15 bits per heavy atom. The zero-order valence-electron chi connectivity index (χ0n) is 17.2. The molecule has 0 bridgehead atoms. The normalized spacial score (nSPS) is 13.2. The summed E-state index contributed by atoms with van der Waals surface area (Å²) in [5.74, 6) is -0.0449. The van der Waals surface area contributed by atoms with Crippen LogP contribution in [0.5, 0.6) is 0 Å². The molecule has 0 radical (unpaired) electrons. The van der Waals surface area contributed by atoms with Crippen LogP contribution in [0.3, 0.4) is 0 Å². The lowest BCUT2D eigenvalue weighted by molar-refractivity contribution is -0.135. The minimum Gasteiger partial charge on any atom is -0.520 e. The van der Waals surface area contributed by atoms with E-state index >= 15 is 0 Å². The first kappa shape index (κ1) is 24.4. The topological polar surface area (TPSA) is 26.3 Å². The SMILES string of the molecule is CC/C=C\C/C=C\C/C=C\C/C=C\C/C=C\CCCC(=O)O[Si](C)(C)C. The van der Waals surface area contributed by atoms with Gasteiger partial charge in [-0.1, -0.05) is 67.7 Å². The molecule has 146 valence electrons. The third kappa shape index (κ3) is 20.4. The highest BCUT2D eigenvalue weighted by Gasteiger charge is 2.19. The van der Waals surface area contributed by atoms with E-state index in [0.717, 1.165) is 44.9 Å². The molecule has 3 heteroatoms. The van der Waals surface area contributed by atoms with Crippen LogP contribution in [-0.2, 0) is 9.22 Å². The van der Waals surface area contributed by atoms with Crippen LogP contribution in [-0.4, -0.2) is 14.3 Å². The molecule has 0 amide bonds. The molecule has 0 N–H and O–H groups in total. The van der Waals surface area contributed by atoms with Gasteiger partial charge in [-0.15, -0.1) is 0 Å². The summed E-state index contributed by atoms with van der Waals surface area (Å²) in [6, 6.07) is 0. The summed E-state index contributed by atoms with van der Waals surface area (Å²) in [5.41, 5.74) is 0. The third-order valence-corrected chi connectivity index (χ3v) is 4.17. The van der Waals surface area contributed by atoms with Crippen molar-refractivity contribution in [2.24, 2.45) is 0 Å². The van der Waals surface area contributed by atoms with Crippen molar-refractivity contribution < 1.29 is 9.22 Å². The predicted molar refractivity (Wildman–Crippen MR) is 118 cm³/mol. The molecule has 26 heavy (non-hydrogen) atoms. The first-order chi connectivity index (χ1) is 12.5. The Morgan fingerprint density at radius 3 is 1.58 bits per heavy atom. The summed E-state index contributed by atoms with van der Waals surface area (Å²) in [5, 5.41) is 0. The first-order valence-electron chi connectivity index (χ1n) is 9.92. The highest BCUT2D eigenvalue weighted by atomic mass is 28.4. The van der Waals surface area contributed by atoms with Crippen LogP contribution in [0.15, 0.2) is 60.8 Å². The van der Waals surface area contributed by atoms with Crippen molar-refractivity contribution in [1.82, 2.24) is 0 Å². The predicted octanol–water partition coefficient (Wildman–Crippen LogP) is 7.29. The maximum Gasteiger partial charge on any atom is 0.292 e. The Hall–Kier alpha value is -1.61. The van der Waals surface area contributed by atoms with E-state index in [1.165, 1.54) is 0 Å². The molecular weight excluding hydrogens is 336 g/mol. The van der Waals surface area contributed by atoms with Gasteiger partial charge in [0, 0.05) is 6.42 Å². The Morgan fingerprint density at radius 1 is 0.731 bits per heavy atom. The lowest BCUT2D eigenvalue weighted by Crippen LogP contribution is -2.28. The Labute approximate surface area is 162 Å². The van der Waals surface area contributed by atoms with Crippen molar-refractivity contribution in [2.75, 3.05) is 0 Å². The molecule has 0 aliphatic carbocycles. The van der Waals surface area contributed by atoms with Gasteiger partial charge in [0.25, 0.3) is 5.97 Å². The fourth-order valence-corrected chi connectivity index (χ4v) is 2.91. The average molecular weight is 375 g/mol. The van der Waals surface area contributed by atoms with Crippen LogP contribution in [0, 0.1) is 0 Å². The standard InChI is InChI=1S/C23H38O2Si/c1-5-6-7-8-9-10-11-12-13-14-15-16-17-18-19-20-21-22-23(24)25-26(2,3)4/h6-7,9-10,12-13,15-16,18-19H,5,8,11,14,17,20-22H2,1-4H3/b7-6-,10-9-,13-12-,16-15-,19-18-. The number of hydrogen-bond donors (Lipinski definition) is 0. The quantitative estimate of drug-likeness (QED) is 0.181. The van der Waals surface area contributed by atoms with Gasteiger partial charge >= 0.3 is 0 Å². The van der Waals surface area contributed by atoms with E-state index in [9.17, 15) is 4.79 Å². The van der Waals surface area contributed by atoms with E-state index in [1.807, 2.05) is 19.6 Å². The lowest BCUT2D eigenvalue weighted by atomic mass is 10.2. The van der Waals surface area contributed by atoms with Crippen LogP contribution >= 0.6 is 0 Å². The summed E-state index contributed by atoms with van der Waals surface area (Å²) < 4.78 is 5.42. The van der Waals surface area contributed by atoms with Gasteiger partial charge in [0.1, 0.15) is 0 Å². The molecule has 0 aromatic heterocycles. The summed E-state index contributed by atoms with van der Waals surface area (Å²) in [7, 11) is -1.72. The zero-order chi connectivity index (χ0) is 19.5. The number of unbranched alkanes of at least 4 members (excludes halogenated alkanes) is 1. The van der Waals surface area contributed by atoms with Crippen LogP contribution in [0.2, 0.25) is 19.6 Å². The number of rotatable bonds is 14. The molecule has 0 rings (SSSR count). The van der Waals surface area contributed by atoms with Gasteiger partial charge in [-0.2, -0.15) is 0 Å².